The highest BCUT2D eigenvalue weighted by molar-refractivity contribution is 6.31. The number of carbonyl (C=O) groups is 3. The number of halogens is 1. The smallest absolute Gasteiger partial charge is 0.255 e. The van der Waals surface area contributed by atoms with Crippen LogP contribution in [0.5, 0.6) is 0 Å². The van der Waals surface area contributed by atoms with Crippen LogP contribution in [-0.4, -0.2) is 33.6 Å². The van der Waals surface area contributed by atoms with Gasteiger partial charge in [-0.25, -0.2) is 0 Å². The van der Waals surface area contributed by atoms with Crippen LogP contribution < -0.4 is 10.6 Å². The number of H-pyrrole nitrogens is 1. The normalized spacial score (nSPS) is 17.8. The molecule has 7 nitrogen and oxygen atoms in total. The van der Waals surface area contributed by atoms with Gasteiger partial charge >= 0.3 is 0 Å². The maximum atomic E-state index is 12.8. The molecule has 1 atom stereocenters. The zero-order valence-corrected chi connectivity index (χ0v) is 18.8. The Labute approximate surface area is 196 Å². The van der Waals surface area contributed by atoms with Gasteiger partial charge in [-0.2, -0.15) is 0 Å². The minimum absolute atomic E-state index is 0.162. The molecule has 0 aliphatic carbocycles. The summed E-state index contributed by atoms with van der Waals surface area (Å²) in [5, 5.41) is 6.44. The SMILES string of the molecule is Cc1ccc(-c2ccc(NCc3ccc4c(c3)CN(C3CCC(=O)NC3=O)C4=O)[nH]2)cc1Cl. The van der Waals surface area contributed by atoms with Gasteiger partial charge in [-0.15, -0.1) is 0 Å². The molecule has 3 amide bonds. The Morgan fingerprint density at radius 3 is 2.73 bits per heavy atom. The lowest BCUT2D eigenvalue weighted by Gasteiger charge is -2.29. The molecule has 1 unspecified atom stereocenters. The van der Waals surface area contributed by atoms with Crippen molar-refractivity contribution in [1.82, 2.24) is 15.2 Å². The van der Waals surface area contributed by atoms with Crippen molar-refractivity contribution in [2.75, 3.05) is 5.32 Å². The van der Waals surface area contributed by atoms with E-state index in [0.29, 0.717) is 25.1 Å². The zero-order chi connectivity index (χ0) is 23.1. The first kappa shape index (κ1) is 21.3. The fourth-order valence-corrected chi connectivity index (χ4v) is 4.54. The number of imide groups is 1. The average molecular weight is 463 g/mol. The van der Waals surface area contributed by atoms with Crippen molar-refractivity contribution in [3.8, 4) is 11.3 Å². The van der Waals surface area contributed by atoms with Gasteiger partial charge in [-0.05, 0) is 59.9 Å². The highest BCUT2D eigenvalue weighted by atomic mass is 35.5. The zero-order valence-electron chi connectivity index (χ0n) is 18.1. The van der Waals surface area contributed by atoms with Gasteiger partial charge in [0.25, 0.3) is 5.91 Å². The van der Waals surface area contributed by atoms with Gasteiger partial charge in [0, 0.05) is 35.8 Å². The molecule has 33 heavy (non-hydrogen) atoms. The van der Waals surface area contributed by atoms with Crippen molar-refractivity contribution in [1.29, 1.82) is 0 Å². The van der Waals surface area contributed by atoms with E-state index in [1.807, 2.05) is 55.5 Å². The standard InChI is InChI=1S/C25H23ClN4O3/c1-14-2-4-16(11-19(14)26)20-6-8-22(28-20)27-12-15-3-5-18-17(10-15)13-30(25(18)33)21-7-9-23(31)29-24(21)32/h2-6,8,10-11,21,27-28H,7,9,12-13H2,1H3,(H,29,31,32). The van der Waals surface area contributed by atoms with E-state index in [2.05, 4.69) is 15.6 Å². The Morgan fingerprint density at radius 1 is 1.09 bits per heavy atom. The summed E-state index contributed by atoms with van der Waals surface area (Å²) in [6, 6.07) is 15.1. The second-order valence-electron chi connectivity index (χ2n) is 8.49. The number of rotatable bonds is 5. The molecule has 3 aromatic rings. The molecule has 2 aliphatic heterocycles. The first-order valence-electron chi connectivity index (χ1n) is 10.8. The lowest BCUT2D eigenvalue weighted by molar-refractivity contribution is -0.136. The molecule has 168 valence electrons. The highest BCUT2D eigenvalue weighted by Gasteiger charge is 2.39. The summed E-state index contributed by atoms with van der Waals surface area (Å²) in [4.78, 5) is 41.4. The molecule has 0 bridgehead atoms. The van der Waals surface area contributed by atoms with Gasteiger partial charge in [0.05, 0.1) is 0 Å². The number of aromatic amines is 1. The molecular weight excluding hydrogens is 440 g/mol. The molecule has 0 saturated carbocycles. The topological polar surface area (TPSA) is 94.3 Å². The number of anilines is 1. The Balaban J connectivity index is 1.26. The maximum absolute atomic E-state index is 12.8. The summed E-state index contributed by atoms with van der Waals surface area (Å²) in [5.74, 6) is 0.0339. The van der Waals surface area contributed by atoms with Crippen LogP contribution in [0.4, 0.5) is 5.82 Å². The third-order valence-electron chi connectivity index (χ3n) is 6.24. The molecule has 2 aliphatic rings. The van der Waals surface area contributed by atoms with Crippen LogP contribution in [0.3, 0.4) is 0 Å². The Kier molecular flexibility index (Phi) is 5.42. The van der Waals surface area contributed by atoms with E-state index in [4.69, 9.17) is 11.6 Å². The van der Waals surface area contributed by atoms with Crippen molar-refractivity contribution < 1.29 is 14.4 Å². The molecule has 1 saturated heterocycles. The van der Waals surface area contributed by atoms with Crippen LogP contribution in [0.15, 0.2) is 48.5 Å². The highest BCUT2D eigenvalue weighted by Crippen LogP contribution is 2.29. The summed E-state index contributed by atoms with van der Waals surface area (Å²) in [6.07, 6.45) is 0.610. The molecule has 1 aromatic heterocycles. The van der Waals surface area contributed by atoms with E-state index in [0.717, 1.165) is 38.8 Å². The number of amides is 3. The van der Waals surface area contributed by atoms with E-state index in [1.54, 1.807) is 4.90 Å². The Morgan fingerprint density at radius 2 is 1.94 bits per heavy atom. The number of aromatic nitrogens is 1. The van der Waals surface area contributed by atoms with E-state index in [-0.39, 0.29) is 18.2 Å². The third-order valence-corrected chi connectivity index (χ3v) is 6.65. The minimum atomic E-state index is -0.600. The summed E-state index contributed by atoms with van der Waals surface area (Å²) < 4.78 is 0. The van der Waals surface area contributed by atoms with Crippen LogP contribution in [0.25, 0.3) is 11.3 Å². The van der Waals surface area contributed by atoms with Crippen LogP contribution in [0, 0.1) is 6.92 Å². The average Bonchev–Trinajstić information content (AvgIpc) is 3.39. The molecule has 1 fully saturated rings. The second-order valence-corrected chi connectivity index (χ2v) is 8.90. The second kappa shape index (κ2) is 8.41. The summed E-state index contributed by atoms with van der Waals surface area (Å²) in [6.45, 7) is 2.92. The van der Waals surface area contributed by atoms with Crippen molar-refractivity contribution in [3.63, 3.8) is 0 Å². The van der Waals surface area contributed by atoms with Gasteiger partial charge in [-0.1, -0.05) is 35.9 Å². The molecule has 0 spiro atoms. The number of carbonyl (C=O) groups excluding carboxylic acids is 3. The number of nitrogens with zero attached hydrogens (tertiary/aromatic N) is 1. The van der Waals surface area contributed by atoms with Crippen molar-refractivity contribution in [3.05, 3.63) is 75.8 Å². The van der Waals surface area contributed by atoms with Crippen LogP contribution in [-0.2, 0) is 22.7 Å². The number of fused-ring (bicyclic) bond motifs is 1. The largest absolute Gasteiger partial charge is 0.368 e. The van der Waals surface area contributed by atoms with Crippen LogP contribution in [0.1, 0.15) is 39.9 Å². The Hall–Kier alpha value is -3.58. The Bertz CT molecular complexity index is 1280. The molecule has 3 heterocycles. The fraction of sp³-hybridized carbons (Fsp3) is 0.240. The number of hydrogen-bond acceptors (Lipinski definition) is 4. The summed E-state index contributed by atoms with van der Waals surface area (Å²) >= 11 is 6.25. The molecular formula is C25H23ClN4O3. The van der Waals surface area contributed by atoms with Crippen LogP contribution >= 0.6 is 11.6 Å². The molecule has 8 heteroatoms. The molecule has 3 N–H and O–H groups in total. The van der Waals surface area contributed by atoms with Gasteiger partial charge in [0.15, 0.2) is 0 Å². The van der Waals surface area contributed by atoms with E-state index in [1.165, 1.54) is 0 Å². The minimum Gasteiger partial charge on any atom is -0.368 e. The third kappa shape index (κ3) is 4.12. The van der Waals surface area contributed by atoms with Gasteiger partial charge in [0.1, 0.15) is 11.9 Å². The monoisotopic (exact) mass is 462 g/mol. The maximum Gasteiger partial charge on any atom is 0.255 e. The lowest BCUT2D eigenvalue weighted by Crippen LogP contribution is -2.52. The molecule has 5 rings (SSSR count). The van der Waals surface area contributed by atoms with Gasteiger partial charge in [0.2, 0.25) is 11.8 Å². The van der Waals surface area contributed by atoms with Gasteiger partial charge < -0.3 is 15.2 Å². The number of aryl methyl sites for hydroxylation is 1. The first-order valence-corrected chi connectivity index (χ1v) is 11.2. The number of piperidine rings is 1. The first-order chi connectivity index (χ1) is 15.9. The summed E-state index contributed by atoms with van der Waals surface area (Å²) in [5.41, 5.74) is 5.56. The van der Waals surface area contributed by atoms with E-state index < -0.39 is 11.9 Å². The van der Waals surface area contributed by atoms with E-state index in [9.17, 15) is 14.4 Å². The molecule has 2 aromatic carbocycles. The number of nitrogens with one attached hydrogen (secondary N) is 3. The summed E-state index contributed by atoms with van der Waals surface area (Å²) in [7, 11) is 0. The van der Waals surface area contributed by atoms with Gasteiger partial charge in [-0.3, -0.25) is 19.7 Å². The van der Waals surface area contributed by atoms with Crippen molar-refractivity contribution in [2.24, 2.45) is 0 Å². The van der Waals surface area contributed by atoms with Crippen molar-refractivity contribution in [2.45, 2.75) is 38.9 Å². The number of benzene rings is 2. The molecule has 0 radical (unpaired) electrons. The predicted molar refractivity (Wildman–Crippen MR) is 126 cm³/mol. The quantitative estimate of drug-likeness (QED) is 0.499. The lowest BCUT2D eigenvalue weighted by atomic mass is 10.0. The van der Waals surface area contributed by atoms with Crippen LogP contribution in [0.2, 0.25) is 5.02 Å². The van der Waals surface area contributed by atoms with E-state index >= 15 is 0 Å². The van der Waals surface area contributed by atoms with Crippen molar-refractivity contribution >= 4 is 35.1 Å². The predicted octanol–water partition coefficient (Wildman–Crippen LogP) is 4.02. The fourth-order valence-electron chi connectivity index (χ4n) is 4.36. The number of hydrogen-bond donors (Lipinski definition) is 3.